The van der Waals surface area contributed by atoms with E-state index >= 15 is 0 Å². The highest BCUT2D eigenvalue weighted by molar-refractivity contribution is 7.57. The topological polar surface area (TPSA) is 80.3 Å². The van der Waals surface area contributed by atoms with Crippen molar-refractivity contribution >= 4 is 21.4 Å². The summed E-state index contributed by atoms with van der Waals surface area (Å²) in [6.45, 7) is 17.4. The Balaban J connectivity index is 2.32. The number of carbonyl (C=O) groups is 1. The molecule has 0 amide bonds. The maximum Gasteiger partial charge on any atom is 0.342 e. The van der Waals surface area contributed by atoms with Crippen LogP contribution in [0.4, 0.5) is 0 Å². The zero-order valence-corrected chi connectivity index (χ0v) is 24.8. The summed E-state index contributed by atoms with van der Waals surface area (Å²) in [6, 6.07) is 0.978. The van der Waals surface area contributed by atoms with Gasteiger partial charge in [0.25, 0.3) is 0 Å². The van der Waals surface area contributed by atoms with Crippen molar-refractivity contribution in [2.45, 2.75) is 78.9 Å². The number of hydrogen-bond donors (Lipinski definition) is 0. The third-order valence-corrected chi connectivity index (χ3v) is 9.04. The summed E-state index contributed by atoms with van der Waals surface area (Å²) in [7, 11) is -2.48. The molecule has 1 heterocycles. The van der Waals surface area contributed by atoms with Crippen LogP contribution in [0, 0.1) is 6.92 Å². The normalized spacial score (nSPS) is 15.7. The van der Waals surface area contributed by atoms with E-state index in [0.717, 1.165) is 40.5 Å². The van der Waals surface area contributed by atoms with Gasteiger partial charge in [-0.1, -0.05) is 32.6 Å². The predicted molar refractivity (Wildman–Crippen MR) is 143 cm³/mol. The fraction of sp³-hybridized carbons (Fsp3) is 0.654. The molecule has 0 spiro atoms. The second-order valence-electron chi connectivity index (χ2n) is 10.6. The van der Waals surface area contributed by atoms with Crippen molar-refractivity contribution in [2.24, 2.45) is 0 Å². The Hall–Kier alpha value is -1.60. The molecule has 35 heavy (non-hydrogen) atoms. The number of ether oxygens (including phenoxy) is 4. The molecule has 7 nitrogen and oxygen atoms in total. The van der Waals surface area contributed by atoms with E-state index in [1.54, 1.807) is 13.8 Å². The molecule has 0 aromatic heterocycles. The van der Waals surface area contributed by atoms with E-state index in [4.69, 9.17) is 23.5 Å². The molecular formula is C26H43O7PSi. The minimum absolute atomic E-state index is 0.0701. The Morgan fingerprint density at radius 2 is 1.91 bits per heavy atom. The number of allylic oxidation sites excluding steroid dienone is 1. The van der Waals surface area contributed by atoms with Crippen LogP contribution < -0.4 is 9.47 Å². The van der Waals surface area contributed by atoms with Crippen LogP contribution in [0.3, 0.4) is 0 Å². The zero-order chi connectivity index (χ0) is 26.4. The number of benzene rings is 1. The summed E-state index contributed by atoms with van der Waals surface area (Å²) >= 11 is 0. The maximum absolute atomic E-state index is 12.6. The molecule has 1 aliphatic heterocycles. The van der Waals surface area contributed by atoms with Crippen molar-refractivity contribution in [1.82, 2.24) is 0 Å². The van der Waals surface area contributed by atoms with Crippen LogP contribution in [0.15, 0.2) is 11.6 Å². The van der Waals surface area contributed by atoms with Crippen LogP contribution in [0.5, 0.6) is 11.5 Å². The Bertz CT molecular complexity index is 979. The van der Waals surface area contributed by atoms with E-state index in [0.29, 0.717) is 30.9 Å². The minimum atomic E-state index is -2.80. The average Bonchev–Trinajstić information content (AvgIpc) is 3.12. The van der Waals surface area contributed by atoms with Crippen molar-refractivity contribution in [3.8, 4) is 11.5 Å². The Kier molecular flexibility index (Phi) is 10.6. The smallest absolute Gasteiger partial charge is 0.342 e. The van der Waals surface area contributed by atoms with Crippen molar-refractivity contribution in [1.29, 1.82) is 0 Å². The van der Waals surface area contributed by atoms with Crippen LogP contribution in [-0.4, -0.2) is 53.5 Å². The lowest BCUT2D eigenvalue weighted by atomic mass is 9.94. The molecule has 0 radical (unpaired) electrons. The monoisotopic (exact) mass is 526 g/mol. The summed E-state index contributed by atoms with van der Waals surface area (Å²) in [5.41, 5.74) is 4.17. The summed E-state index contributed by atoms with van der Waals surface area (Å²) < 4.78 is 41.2. The summed E-state index contributed by atoms with van der Waals surface area (Å²) in [6.07, 6.45) is 3.34. The molecule has 0 saturated carbocycles. The molecule has 1 aliphatic rings. The fourth-order valence-corrected chi connectivity index (χ4v) is 6.09. The molecule has 0 N–H and O–H groups in total. The van der Waals surface area contributed by atoms with E-state index in [2.05, 4.69) is 32.6 Å². The summed E-state index contributed by atoms with van der Waals surface area (Å²) in [4.78, 5) is 12.6. The third kappa shape index (κ3) is 8.48. The highest BCUT2D eigenvalue weighted by atomic mass is 31.2. The number of cyclic esters (lactones) is 1. The largest absolute Gasteiger partial charge is 0.496 e. The van der Waals surface area contributed by atoms with Crippen LogP contribution in [0.2, 0.25) is 25.7 Å². The maximum atomic E-state index is 12.6. The first kappa shape index (κ1) is 29.6. The van der Waals surface area contributed by atoms with Crippen LogP contribution in [-0.2, 0) is 31.6 Å². The molecule has 0 aliphatic carbocycles. The van der Waals surface area contributed by atoms with Gasteiger partial charge in [0, 0.05) is 25.9 Å². The molecule has 0 bridgehead atoms. The van der Waals surface area contributed by atoms with Crippen LogP contribution >= 0.6 is 7.37 Å². The van der Waals surface area contributed by atoms with Crippen molar-refractivity contribution in [3.63, 3.8) is 0 Å². The molecule has 0 fully saturated rings. The standard InChI is InChI=1S/C26H43O7PSi/c1-10-20(15-30-17-34(6,28)33-18(2)3)11-12-21-24(29-5)19(4)22-16-32-26(27)23(22)25(21)31-13-14-35(7,8)9/h11,18H,10,12-17H2,1-9H3/b20-11+. The van der Waals surface area contributed by atoms with Crippen molar-refractivity contribution in [2.75, 3.05) is 33.3 Å². The first-order valence-corrected chi connectivity index (χ1v) is 18.3. The number of fused-ring (bicyclic) bond motifs is 1. The lowest BCUT2D eigenvalue weighted by Gasteiger charge is -2.21. The Morgan fingerprint density at radius 3 is 2.49 bits per heavy atom. The number of methoxy groups -OCH3 is 1. The summed E-state index contributed by atoms with van der Waals surface area (Å²) in [5.74, 6) is 0.946. The Labute approximate surface area is 212 Å². The summed E-state index contributed by atoms with van der Waals surface area (Å²) in [5, 5.41) is 0. The van der Waals surface area contributed by atoms with E-state index in [-0.39, 0.29) is 25.0 Å². The number of hydrogen-bond acceptors (Lipinski definition) is 7. The van der Waals surface area contributed by atoms with Gasteiger partial charge in [-0.3, -0.25) is 4.57 Å². The van der Waals surface area contributed by atoms with Gasteiger partial charge in [0.15, 0.2) is 0 Å². The highest BCUT2D eigenvalue weighted by Crippen LogP contribution is 2.44. The van der Waals surface area contributed by atoms with Gasteiger partial charge in [0.2, 0.25) is 7.37 Å². The molecule has 1 aromatic carbocycles. The fourth-order valence-electron chi connectivity index (χ4n) is 4.00. The second kappa shape index (κ2) is 12.6. The quantitative estimate of drug-likeness (QED) is 0.117. The first-order chi connectivity index (χ1) is 16.3. The third-order valence-electron chi connectivity index (χ3n) is 5.82. The second-order valence-corrected chi connectivity index (χ2v) is 18.7. The predicted octanol–water partition coefficient (Wildman–Crippen LogP) is 6.58. The molecule has 2 rings (SSSR count). The zero-order valence-electron chi connectivity index (χ0n) is 22.9. The van der Waals surface area contributed by atoms with Gasteiger partial charge in [-0.15, -0.1) is 0 Å². The van der Waals surface area contributed by atoms with Gasteiger partial charge >= 0.3 is 5.97 Å². The van der Waals surface area contributed by atoms with Gasteiger partial charge in [-0.2, -0.15) is 0 Å². The van der Waals surface area contributed by atoms with Gasteiger partial charge in [0.1, 0.15) is 30.0 Å². The van der Waals surface area contributed by atoms with Gasteiger partial charge < -0.3 is 23.5 Å². The molecule has 1 unspecified atom stereocenters. The van der Waals surface area contributed by atoms with E-state index in [9.17, 15) is 9.36 Å². The molecule has 0 saturated heterocycles. The molecule has 1 aromatic rings. The van der Waals surface area contributed by atoms with E-state index < -0.39 is 15.4 Å². The molecule has 9 heteroatoms. The molecule has 1 atom stereocenters. The van der Waals surface area contributed by atoms with E-state index in [1.165, 1.54) is 0 Å². The molecule has 198 valence electrons. The molecular weight excluding hydrogens is 483 g/mol. The SMILES string of the molecule is CC/C(=C\Cc1c(OC)c(C)c2c(c1OCC[Si](C)(C)C)C(=O)OC2)COCP(C)(=O)OC(C)C. The minimum Gasteiger partial charge on any atom is -0.496 e. The lowest BCUT2D eigenvalue weighted by Crippen LogP contribution is -2.23. The van der Waals surface area contributed by atoms with Gasteiger partial charge in [0.05, 0.1) is 26.4 Å². The van der Waals surface area contributed by atoms with E-state index in [1.807, 2.05) is 20.8 Å². The number of carbonyl (C=O) groups excluding carboxylic acids is 1. The average molecular weight is 527 g/mol. The van der Waals surface area contributed by atoms with Gasteiger partial charge in [-0.25, -0.2) is 4.79 Å². The number of esters is 1. The first-order valence-electron chi connectivity index (χ1n) is 12.3. The van der Waals surface area contributed by atoms with Crippen LogP contribution in [0.1, 0.15) is 54.2 Å². The number of rotatable bonds is 14. The van der Waals surface area contributed by atoms with Crippen molar-refractivity contribution in [3.05, 3.63) is 33.9 Å². The van der Waals surface area contributed by atoms with Crippen molar-refractivity contribution < 1.29 is 32.8 Å². The lowest BCUT2D eigenvalue weighted by molar-refractivity contribution is 0.0532. The Morgan fingerprint density at radius 1 is 1.23 bits per heavy atom. The highest BCUT2D eigenvalue weighted by Gasteiger charge is 2.33. The van der Waals surface area contributed by atoms with Gasteiger partial charge in [-0.05, 0) is 50.8 Å². The van der Waals surface area contributed by atoms with Crippen LogP contribution in [0.25, 0.3) is 0 Å².